The first-order valence-electron chi connectivity index (χ1n) is 7.22. The maximum atomic E-state index is 12.0. The Morgan fingerprint density at radius 1 is 1.24 bits per heavy atom. The molecule has 0 radical (unpaired) electrons. The molecule has 2 aliphatic rings. The molecule has 2 amide bonds. The highest BCUT2D eigenvalue weighted by Gasteiger charge is 2.25. The summed E-state index contributed by atoms with van der Waals surface area (Å²) >= 11 is 1.26. The Kier molecular flexibility index (Phi) is 3.96. The van der Waals surface area contributed by atoms with Crippen molar-refractivity contribution in [1.82, 2.24) is 15.6 Å². The standard InChI is InChI=1S/C13H19N5O2S/c14-11-10(21-13(18-11)17-8-3-4-8)12(20)15-6-5-9(19)16-7-1-2-7/h7-8H,1-6,14H2,(H,15,20)(H,16,19)(H,17,18). The normalized spacial score (nSPS) is 17.3. The zero-order valence-electron chi connectivity index (χ0n) is 11.6. The third-order valence-corrected chi connectivity index (χ3v) is 4.35. The molecule has 5 N–H and O–H groups in total. The second-order valence-electron chi connectivity index (χ2n) is 5.50. The summed E-state index contributed by atoms with van der Waals surface area (Å²) in [5.74, 6) is -0.0534. The van der Waals surface area contributed by atoms with Crippen LogP contribution >= 0.6 is 11.3 Å². The lowest BCUT2D eigenvalue weighted by Gasteiger charge is -2.04. The van der Waals surface area contributed by atoms with E-state index in [0.717, 1.165) is 25.7 Å². The van der Waals surface area contributed by atoms with Crippen LogP contribution in [0.25, 0.3) is 0 Å². The number of nitrogens with zero attached hydrogens (tertiary/aromatic N) is 1. The van der Waals surface area contributed by atoms with Crippen LogP contribution in [0.15, 0.2) is 0 Å². The van der Waals surface area contributed by atoms with Gasteiger partial charge in [-0.15, -0.1) is 0 Å². The molecule has 8 heteroatoms. The van der Waals surface area contributed by atoms with Gasteiger partial charge in [-0.2, -0.15) is 0 Å². The predicted octanol–water partition coefficient (Wildman–Crippen LogP) is 0.698. The Balaban J connectivity index is 1.45. The molecule has 0 aromatic carbocycles. The van der Waals surface area contributed by atoms with Gasteiger partial charge in [0.15, 0.2) is 5.13 Å². The maximum absolute atomic E-state index is 12.0. The number of amides is 2. The lowest BCUT2D eigenvalue weighted by Crippen LogP contribution is -2.31. The van der Waals surface area contributed by atoms with Crippen molar-refractivity contribution in [3.63, 3.8) is 0 Å². The maximum Gasteiger partial charge on any atom is 0.265 e. The second kappa shape index (κ2) is 5.88. The summed E-state index contributed by atoms with van der Waals surface area (Å²) in [5.41, 5.74) is 5.76. The summed E-state index contributed by atoms with van der Waals surface area (Å²) in [6.45, 7) is 0.306. The van der Waals surface area contributed by atoms with E-state index in [1.54, 1.807) is 0 Å². The molecule has 0 aliphatic heterocycles. The third kappa shape index (κ3) is 4.07. The highest BCUT2D eigenvalue weighted by Crippen LogP contribution is 2.30. The zero-order valence-corrected chi connectivity index (χ0v) is 12.5. The van der Waals surface area contributed by atoms with Gasteiger partial charge in [-0.25, -0.2) is 4.98 Å². The van der Waals surface area contributed by atoms with Crippen LogP contribution in [0.2, 0.25) is 0 Å². The van der Waals surface area contributed by atoms with Crippen LogP contribution in [-0.4, -0.2) is 35.4 Å². The first kappa shape index (κ1) is 14.1. The van der Waals surface area contributed by atoms with Crippen molar-refractivity contribution in [3.8, 4) is 0 Å². The molecule has 0 bridgehead atoms. The number of aromatic nitrogens is 1. The van der Waals surface area contributed by atoms with Crippen LogP contribution < -0.4 is 21.7 Å². The summed E-state index contributed by atoms with van der Waals surface area (Å²) in [6.07, 6.45) is 4.68. The molecular weight excluding hydrogens is 290 g/mol. The van der Waals surface area contributed by atoms with Gasteiger partial charge in [-0.1, -0.05) is 11.3 Å². The topological polar surface area (TPSA) is 109 Å². The second-order valence-corrected chi connectivity index (χ2v) is 6.50. The van der Waals surface area contributed by atoms with E-state index in [1.807, 2.05) is 0 Å². The van der Waals surface area contributed by atoms with Gasteiger partial charge in [0.1, 0.15) is 10.7 Å². The van der Waals surface area contributed by atoms with E-state index in [4.69, 9.17) is 5.73 Å². The van der Waals surface area contributed by atoms with Crippen LogP contribution in [0.3, 0.4) is 0 Å². The number of nitrogen functional groups attached to an aromatic ring is 1. The molecule has 0 spiro atoms. The number of nitrogens with one attached hydrogen (secondary N) is 3. The van der Waals surface area contributed by atoms with Crippen molar-refractivity contribution >= 4 is 34.1 Å². The van der Waals surface area contributed by atoms with E-state index in [1.165, 1.54) is 11.3 Å². The molecule has 21 heavy (non-hydrogen) atoms. The van der Waals surface area contributed by atoms with E-state index < -0.39 is 0 Å². The lowest BCUT2D eigenvalue weighted by molar-refractivity contribution is -0.121. The molecule has 2 saturated carbocycles. The summed E-state index contributed by atoms with van der Waals surface area (Å²) < 4.78 is 0. The van der Waals surface area contributed by atoms with Gasteiger partial charge in [-0.3, -0.25) is 9.59 Å². The molecule has 0 unspecified atom stereocenters. The van der Waals surface area contributed by atoms with Crippen LogP contribution in [0, 0.1) is 0 Å². The van der Waals surface area contributed by atoms with E-state index in [9.17, 15) is 9.59 Å². The fraction of sp³-hybridized carbons (Fsp3) is 0.615. The molecule has 1 aromatic heterocycles. The molecule has 0 saturated heterocycles. The minimum atomic E-state index is -0.270. The minimum absolute atomic E-state index is 0.0221. The highest BCUT2D eigenvalue weighted by atomic mass is 32.1. The average molecular weight is 309 g/mol. The van der Waals surface area contributed by atoms with Crippen molar-refractivity contribution in [3.05, 3.63) is 4.88 Å². The van der Waals surface area contributed by atoms with Crippen molar-refractivity contribution < 1.29 is 9.59 Å². The van der Waals surface area contributed by atoms with Crippen molar-refractivity contribution in [1.29, 1.82) is 0 Å². The van der Waals surface area contributed by atoms with E-state index in [-0.39, 0.29) is 24.1 Å². The van der Waals surface area contributed by atoms with Gasteiger partial charge in [-0.05, 0) is 25.7 Å². The SMILES string of the molecule is Nc1nc(NC2CC2)sc1C(=O)NCCC(=O)NC1CC1. The number of thiazole rings is 1. The van der Waals surface area contributed by atoms with E-state index >= 15 is 0 Å². The van der Waals surface area contributed by atoms with Crippen molar-refractivity contribution in [2.24, 2.45) is 0 Å². The number of hydrogen-bond donors (Lipinski definition) is 4. The first-order valence-corrected chi connectivity index (χ1v) is 8.04. The van der Waals surface area contributed by atoms with Gasteiger partial charge in [0, 0.05) is 25.0 Å². The fourth-order valence-corrected chi connectivity index (χ4v) is 2.73. The minimum Gasteiger partial charge on any atom is -0.382 e. The number of hydrogen-bond acceptors (Lipinski definition) is 6. The number of anilines is 2. The van der Waals surface area contributed by atoms with Crippen LogP contribution in [0.1, 0.15) is 41.8 Å². The number of rotatable bonds is 7. The summed E-state index contributed by atoms with van der Waals surface area (Å²) in [4.78, 5) is 28.1. The number of nitrogens with two attached hydrogens (primary N) is 1. The molecule has 2 aliphatic carbocycles. The average Bonchev–Trinajstić information content (AvgIpc) is 3.32. The Bertz CT molecular complexity index is 551. The molecule has 1 heterocycles. The largest absolute Gasteiger partial charge is 0.382 e. The molecule has 114 valence electrons. The van der Waals surface area contributed by atoms with Crippen LogP contribution in [-0.2, 0) is 4.79 Å². The molecule has 0 atom stereocenters. The summed E-state index contributed by atoms with van der Waals surface area (Å²) in [7, 11) is 0. The third-order valence-electron chi connectivity index (χ3n) is 3.34. The van der Waals surface area contributed by atoms with Gasteiger partial charge in [0.05, 0.1) is 0 Å². The highest BCUT2D eigenvalue weighted by molar-refractivity contribution is 7.18. The van der Waals surface area contributed by atoms with Gasteiger partial charge < -0.3 is 21.7 Å². The Morgan fingerprint density at radius 3 is 2.62 bits per heavy atom. The Morgan fingerprint density at radius 2 is 1.95 bits per heavy atom. The summed E-state index contributed by atoms with van der Waals surface area (Å²) in [6, 6.07) is 0.818. The van der Waals surface area contributed by atoms with Gasteiger partial charge in [0.25, 0.3) is 5.91 Å². The molecule has 1 aromatic rings. The fourth-order valence-electron chi connectivity index (χ4n) is 1.86. The molecule has 3 rings (SSSR count). The predicted molar refractivity (Wildman–Crippen MR) is 81.3 cm³/mol. The summed E-state index contributed by atoms with van der Waals surface area (Å²) in [5, 5.41) is 9.49. The monoisotopic (exact) mass is 309 g/mol. The van der Waals surface area contributed by atoms with Gasteiger partial charge in [0.2, 0.25) is 5.91 Å². The van der Waals surface area contributed by atoms with Gasteiger partial charge >= 0.3 is 0 Å². The lowest BCUT2D eigenvalue weighted by atomic mass is 10.3. The van der Waals surface area contributed by atoms with E-state index in [0.29, 0.717) is 28.6 Å². The molecular formula is C13H19N5O2S. The Labute approximate surface area is 126 Å². The quantitative estimate of drug-likeness (QED) is 0.593. The molecule has 7 nitrogen and oxygen atoms in total. The van der Waals surface area contributed by atoms with Crippen molar-refractivity contribution in [2.45, 2.75) is 44.2 Å². The Hall–Kier alpha value is -1.83. The van der Waals surface area contributed by atoms with Crippen LogP contribution in [0.4, 0.5) is 10.9 Å². The molecule has 2 fully saturated rings. The van der Waals surface area contributed by atoms with Crippen molar-refractivity contribution in [2.75, 3.05) is 17.6 Å². The smallest absolute Gasteiger partial charge is 0.265 e. The number of carbonyl (C=O) groups is 2. The van der Waals surface area contributed by atoms with Crippen LogP contribution in [0.5, 0.6) is 0 Å². The zero-order chi connectivity index (χ0) is 14.8. The number of carbonyl (C=O) groups excluding carboxylic acids is 2. The first-order chi connectivity index (χ1) is 10.1. The van der Waals surface area contributed by atoms with E-state index in [2.05, 4.69) is 20.9 Å².